The molecule has 0 heterocycles. The molecule has 0 radical (unpaired) electrons. The van der Waals surface area contributed by atoms with Gasteiger partial charge < -0.3 is 10.0 Å². The number of nitrogens with zero attached hydrogens (tertiary/aromatic N) is 1. The third-order valence-electron chi connectivity index (χ3n) is 2.55. The fourth-order valence-corrected chi connectivity index (χ4v) is 1.85. The molecule has 1 saturated carbocycles. The van der Waals surface area contributed by atoms with Gasteiger partial charge in [-0.3, -0.25) is 4.79 Å². The number of hydrogen-bond acceptors (Lipinski definition) is 3. The molecule has 1 N–H and O–H groups in total. The van der Waals surface area contributed by atoms with E-state index in [-0.39, 0.29) is 0 Å². The van der Waals surface area contributed by atoms with Crippen molar-refractivity contribution in [3.8, 4) is 0 Å². The van der Waals surface area contributed by atoms with Gasteiger partial charge in [-0.05, 0) is 19.5 Å². The van der Waals surface area contributed by atoms with E-state index in [1.807, 2.05) is 0 Å². The first-order chi connectivity index (χ1) is 6.27. The van der Waals surface area contributed by atoms with Crippen LogP contribution in [0.2, 0.25) is 0 Å². The molecule has 1 unspecified atom stereocenters. The lowest BCUT2D eigenvalue weighted by Gasteiger charge is -2.24. The van der Waals surface area contributed by atoms with Gasteiger partial charge in [-0.15, -0.1) is 0 Å². The molecule has 0 aliphatic heterocycles. The largest absolute Gasteiger partial charge is 0.400 e. The van der Waals surface area contributed by atoms with Gasteiger partial charge in [0.25, 0.3) is 0 Å². The topological polar surface area (TPSA) is 40.5 Å². The highest BCUT2D eigenvalue weighted by Crippen LogP contribution is 2.19. The van der Waals surface area contributed by atoms with Crippen LogP contribution in [0.15, 0.2) is 0 Å². The van der Waals surface area contributed by atoms with Crippen molar-refractivity contribution in [1.29, 1.82) is 0 Å². The molecule has 0 amide bonds. The Bertz CT molecular complexity index is 144. The second-order valence-corrected chi connectivity index (χ2v) is 3.16. The molecule has 1 aliphatic rings. The minimum absolute atomic E-state index is 0.446. The Morgan fingerprint density at radius 2 is 1.92 bits per heavy atom. The van der Waals surface area contributed by atoms with Gasteiger partial charge in [0.1, 0.15) is 5.78 Å². The zero-order valence-electron chi connectivity index (χ0n) is 8.92. The van der Waals surface area contributed by atoms with Crippen LogP contribution in [0.3, 0.4) is 0 Å². The summed E-state index contributed by atoms with van der Waals surface area (Å²) in [4.78, 5) is 13.3. The molecule has 0 aromatic carbocycles. The number of carbonyl (C=O) groups is 1. The van der Waals surface area contributed by atoms with Crippen LogP contribution in [0.25, 0.3) is 0 Å². The zero-order chi connectivity index (χ0) is 10.3. The van der Waals surface area contributed by atoms with E-state index in [1.54, 1.807) is 0 Å². The van der Waals surface area contributed by atoms with E-state index in [9.17, 15) is 4.79 Å². The maximum Gasteiger partial charge on any atom is 0.134 e. The maximum absolute atomic E-state index is 11.0. The summed E-state index contributed by atoms with van der Waals surface area (Å²) >= 11 is 0. The monoisotopic (exact) mass is 187 g/mol. The summed E-state index contributed by atoms with van der Waals surface area (Å²) < 4.78 is 0. The van der Waals surface area contributed by atoms with Crippen molar-refractivity contribution in [2.24, 2.45) is 0 Å². The highest BCUT2D eigenvalue weighted by atomic mass is 16.2. The van der Waals surface area contributed by atoms with Crippen molar-refractivity contribution >= 4 is 5.78 Å². The molecule has 13 heavy (non-hydrogen) atoms. The molecule has 1 atom stereocenters. The van der Waals surface area contributed by atoms with E-state index in [0.717, 1.165) is 39.5 Å². The first-order valence-corrected chi connectivity index (χ1v) is 4.98. The van der Waals surface area contributed by atoms with E-state index in [0.29, 0.717) is 11.8 Å². The molecule has 0 aromatic heterocycles. The van der Waals surface area contributed by atoms with Crippen molar-refractivity contribution < 1.29 is 9.90 Å². The van der Waals surface area contributed by atoms with Crippen molar-refractivity contribution in [2.75, 3.05) is 20.2 Å². The van der Waals surface area contributed by atoms with Crippen LogP contribution >= 0.6 is 0 Å². The summed E-state index contributed by atoms with van der Waals surface area (Å²) in [5, 5.41) is 7.00. The van der Waals surface area contributed by atoms with Gasteiger partial charge in [0.05, 0.1) is 0 Å². The summed E-state index contributed by atoms with van der Waals surface area (Å²) in [6.45, 7) is 6.47. The highest BCUT2D eigenvalue weighted by Gasteiger charge is 2.25. The summed E-state index contributed by atoms with van der Waals surface area (Å²) in [7, 11) is 1.00. The lowest BCUT2D eigenvalue weighted by molar-refractivity contribution is -0.117. The minimum atomic E-state index is 0.446. The van der Waals surface area contributed by atoms with Gasteiger partial charge in [0.2, 0.25) is 0 Å². The molecule has 0 bridgehead atoms. The summed E-state index contributed by atoms with van der Waals surface area (Å²) in [5.41, 5.74) is 0. The minimum Gasteiger partial charge on any atom is -0.400 e. The average Bonchev–Trinajstić information content (AvgIpc) is 2.58. The Hall–Kier alpha value is -0.410. The molecule has 0 saturated heterocycles. The van der Waals surface area contributed by atoms with E-state index < -0.39 is 0 Å². The van der Waals surface area contributed by atoms with Crippen LogP contribution in [0.5, 0.6) is 0 Å². The Morgan fingerprint density at radius 3 is 2.23 bits per heavy atom. The zero-order valence-corrected chi connectivity index (χ0v) is 8.92. The summed E-state index contributed by atoms with van der Waals surface area (Å²) in [6.07, 6.45) is 2.68. The van der Waals surface area contributed by atoms with Crippen molar-refractivity contribution in [2.45, 2.75) is 39.2 Å². The fourth-order valence-electron chi connectivity index (χ4n) is 1.85. The quantitative estimate of drug-likeness (QED) is 0.718. The van der Waals surface area contributed by atoms with Crippen molar-refractivity contribution in [3.05, 3.63) is 0 Å². The molecular formula is C10H21NO2. The number of ketones is 1. The number of carbonyl (C=O) groups excluding carboxylic acids is 1. The van der Waals surface area contributed by atoms with Crippen molar-refractivity contribution in [1.82, 2.24) is 4.90 Å². The average molecular weight is 187 g/mol. The van der Waals surface area contributed by atoms with E-state index in [2.05, 4.69) is 18.7 Å². The van der Waals surface area contributed by atoms with E-state index >= 15 is 0 Å². The van der Waals surface area contributed by atoms with Gasteiger partial charge in [0.15, 0.2) is 0 Å². The Labute approximate surface area is 80.7 Å². The second kappa shape index (κ2) is 7.04. The van der Waals surface area contributed by atoms with Crippen LogP contribution in [-0.4, -0.2) is 42.0 Å². The number of rotatable bonds is 3. The van der Waals surface area contributed by atoms with E-state index in [4.69, 9.17) is 5.11 Å². The maximum atomic E-state index is 11.0. The normalized spacial score (nSPS) is 21.6. The van der Waals surface area contributed by atoms with E-state index in [1.165, 1.54) is 0 Å². The van der Waals surface area contributed by atoms with Gasteiger partial charge >= 0.3 is 0 Å². The molecule has 78 valence electrons. The van der Waals surface area contributed by atoms with Gasteiger partial charge in [-0.2, -0.15) is 0 Å². The SMILES string of the molecule is CCN(CC)C1CCC(=O)C1.CO. The fraction of sp³-hybridized carbons (Fsp3) is 0.900. The van der Waals surface area contributed by atoms with Gasteiger partial charge in [-0.1, -0.05) is 13.8 Å². The number of Topliss-reactive ketones (excluding diaryl/α,β-unsaturated/α-hetero) is 1. The molecule has 3 nitrogen and oxygen atoms in total. The summed E-state index contributed by atoms with van der Waals surface area (Å²) in [5.74, 6) is 0.446. The first kappa shape index (κ1) is 12.6. The molecular weight excluding hydrogens is 166 g/mol. The third kappa shape index (κ3) is 3.87. The number of aliphatic hydroxyl groups is 1. The predicted molar refractivity (Wildman–Crippen MR) is 53.7 cm³/mol. The lowest BCUT2D eigenvalue weighted by atomic mass is 10.2. The smallest absolute Gasteiger partial charge is 0.134 e. The third-order valence-corrected chi connectivity index (χ3v) is 2.55. The highest BCUT2D eigenvalue weighted by molar-refractivity contribution is 5.81. The Kier molecular flexibility index (Phi) is 6.82. The van der Waals surface area contributed by atoms with Crippen LogP contribution in [0.1, 0.15) is 33.1 Å². The number of aliphatic hydroxyl groups excluding tert-OH is 1. The van der Waals surface area contributed by atoms with Crippen LogP contribution in [0, 0.1) is 0 Å². The molecule has 1 rings (SSSR count). The van der Waals surface area contributed by atoms with Gasteiger partial charge in [-0.25, -0.2) is 0 Å². The lowest BCUT2D eigenvalue weighted by Crippen LogP contribution is -2.33. The molecule has 3 heteroatoms. The van der Waals surface area contributed by atoms with Crippen molar-refractivity contribution in [3.63, 3.8) is 0 Å². The summed E-state index contributed by atoms with van der Waals surface area (Å²) in [6, 6.07) is 0.553. The molecule has 0 aromatic rings. The van der Waals surface area contributed by atoms with Crippen LogP contribution in [-0.2, 0) is 4.79 Å². The van der Waals surface area contributed by atoms with Gasteiger partial charge in [0, 0.05) is 26.0 Å². The molecule has 0 spiro atoms. The van der Waals surface area contributed by atoms with Crippen LogP contribution < -0.4 is 0 Å². The molecule has 1 fully saturated rings. The number of hydrogen-bond donors (Lipinski definition) is 1. The standard InChI is InChI=1S/C9H17NO.CH4O/c1-3-10(4-2)8-5-6-9(11)7-8;1-2/h8H,3-7H2,1-2H3;2H,1H3. The Balaban J connectivity index is 0.000000671. The predicted octanol–water partition coefficient (Wildman–Crippen LogP) is 1.06. The second-order valence-electron chi connectivity index (χ2n) is 3.16. The first-order valence-electron chi connectivity index (χ1n) is 4.98. The molecule has 1 aliphatic carbocycles. The Morgan fingerprint density at radius 1 is 1.38 bits per heavy atom. The van der Waals surface area contributed by atoms with Crippen LogP contribution in [0.4, 0.5) is 0 Å².